The van der Waals surface area contributed by atoms with Gasteiger partial charge in [0, 0.05) is 26.1 Å². The van der Waals surface area contributed by atoms with Crippen molar-refractivity contribution in [1.82, 2.24) is 25.1 Å². The predicted octanol–water partition coefficient (Wildman–Crippen LogP) is 2.22. The maximum atomic E-state index is 12.5. The Morgan fingerprint density at radius 3 is 2.58 bits per heavy atom. The summed E-state index contributed by atoms with van der Waals surface area (Å²) in [4.78, 5) is 23.7. The second-order valence-electron chi connectivity index (χ2n) is 6.03. The molecule has 0 spiro atoms. The van der Waals surface area contributed by atoms with Gasteiger partial charge in [-0.25, -0.2) is 4.63 Å². The predicted molar refractivity (Wildman–Crippen MR) is 113 cm³/mol. The van der Waals surface area contributed by atoms with Gasteiger partial charge in [-0.05, 0) is 10.3 Å². The van der Waals surface area contributed by atoms with Crippen molar-refractivity contribution in [2.24, 2.45) is 7.05 Å². The molecule has 0 unspecified atom stereocenters. The molecule has 3 aromatic rings. The monoisotopic (exact) mass is 467 g/mol. The summed E-state index contributed by atoms with van der Waals surface area (Å²) in [7, 11) is 4.63. The fraction of sp³-hybridized carbons (Fsp3) is 0.294. The Hall–Kier alpha value is -3.32. The summed E-state index contributed by atoms with van der Waals surface area (Å²) in [6.07, 6.45) is 0. The van der Waals surface area contributed by atoms with Gasteiger partial charge in [0.1, 0.15) is 11.5 Å². The second kappa shape index (κ2) is 9.66. The number of methoxy groups -OCH3 is 2. The van der Waals surface area contributed by atoms with Gasteiger partial charge in [0.2, 0.25) is 17.6 Å². The van der Waals surface area contributed by atoms with Crippen molar-refractivity contribution in [2.75, 3.05) is 30.6 Å². The second-order valence-corrected chi connectivity index (χ2v) is 7.38. The third kappa shape index (κ3) is 5.06. The number of aromatic nitrogens is 5. The maximum Gasteiger partial charge on any atom is 0.234 e. The molecule has 0 atom stereocenters. The molecule has 0 bridgehead atoms. The van der Waals surface area contributed by atoms with E-state index in [0.717, 1.165) is 11.8 Å². The highest BCUT2D eigenvalue weighted by atomic mass is 35.5. The minimum Gasteiger partial charge on any atom is -0.495 e. The number of thioether (sulfide) groups is 1. The molecule has 0 aliphatic rings. The lowest BCUT2D eigenvalue weighted by Crippen LogP contribution is -2.15. The smallest absolute Gasteiger partial charge is 0.234 e. The summed E-state index contributed by atoms with van der Waals surface area (Å²) < 4.78 is 16.7. The fourth-order valence-electron chi connectivity index (χ4n) is 2.51. The number of carbonyl (C=O) groups excluding carboxylic acids is 2. The van der Waals surface area contributed by atoms with Crippen LogP contribution in [-0.4, -0.2) is 56.9 Å². The number of nitrogens with zero attached hydrogens (tertiary/aromatic N) is 5. The van der Waals surface area contributed by atoms with E-state index >= 15 is 0 Å². The van der Waals surface area contributed by atoms with Gasteiger partial charge in [0.25, 0.3) is 0 Å². The van der Waals surface area contributed by atoms with Crippen molar-refractivity contribution >= 4 is 46.7 Å². The first-order valence-corrected chi connectivity index (χ1v) is 10.0. The number of carbonyl (C=O) groups is 2. The van der Waals surface area contributed by atoms with E-state index in [-0.39, 0.29) is 29.1 Å². The molecule has 164 valence electrons. The molecule has 31 heavy (non-hydrogen) atoms. The van der Waals surface area contributed by atoms with Crippen LogP contribution in [0.15, 0.2) is 21.9 Å². The highest BCUT2D eigenvalue weighted by molar-refractivity contribution is 7.99. The van der Waals surface area contributed by atoms with Crippen LogP contribution < -0.4 is 20.1 Å². The average Bonchev–Trinajstić information content (AvgIpc) is 3.32. The molecule has 12 nitrogen and oxygen atoms in total. The van der Waals surface area contributed by atoms with E-state index in [4.69, 9.17) is 21.1 Å². The van der Waals surface area contributed by atoms with Gasteiger partial charge < -0.3 is 24.7 Å². The Morgan fingerprint density at radius 2 is 1.90 bits per heavy atom. The first kappa shape index (κ1) is 22.4. The molecule has 0 fully saturated rings. The Bertz CT molecular complexity index is 1120. The van der Waals surface area contributed by atoms with Crippen molar-refractivity contribution in [3.8, 4) is 23.0 Å². The van der Waals surface area contributed by atoms with Gasteiger partial charge in [0.05, 0.1) is 30.7 Å². The number of rotatable bonds is 8. The van der Waals surface area contributed by atoms with Crippen LogP contribution in [0.4, 0.5) is 11.5 Å². The number of nitrogens with one attached hydrogen (secondary N) is 2. The van der Waals surface area contributed by atoms with Crippen LogP contribution in [0.25, 0.3) is 11.5 Å². The van der Waals surface area contributed by atoms with Gasteiger partial charge in [0.15, 0.2) is 16.7 Å². The molecular weight excluding hydrogens is 450 g/mol. The van der Waals surface area contributed by atoms with Crippen LogP contribution in [0.3, 0.4) is 0 Å². The lowest BCUT2D eigenvalue weighted by Gasteiger charge is -2.13. The quantitative estimate of drug-likeness (QED) is 0.472. The maximum absolute atomic E-state index is 12.5. The van der Waals surface area contributed by atoms with Crippen molar-refractivity contribution in [1.29, 1.82) is 0 Å². The molecule has 2 heterocycles. The van der Waals surface area contributed by atoms with E-state index in [9.17, 15) is 9.59 Å². The van der Waals surface area contributed by atoms with Crippen LogP contribution in [0.5, 0.6) is 11.5 Å². The van der Waals surface area contributed by atoms with Gasteiger partial charge in [-0.3, -0.25) is 9.59 Å². The number of benzene rings is 1. The van der Waals surface area contributed by atoms with Crippen molar-refractivity contribution in [2.45, 2.75) is 12.1 Å². The Balaban J connectivity index is 1.70. The zero-order valence-electron chi connectivity index (χ0n) is 16.9. The molecule has 0 radical (unpaired) electrons. The molecule has 1 aromatic carbocycles. The summed E-state index contributed by atoms with van der Waals surface area (Å²) in [5.41, 5.74) is 0.640. The first-order chi connectivity index (χ1) is 14.8. The van der Waals surface area contributed by atoms with Crippen molar-refractivity contribution in [3.63, 3.8) is 0 Å². The van der Waals surface area contributed by atoms with Crippen molar-refractivity contribution < 1.29 is 23.7 Å². The Labute approximate surface area is 185 Å². The van der Waals surface area contributed by atoms with E-state index in [2.05, 4.69) is 35.8 Å². The summed E-state index contributed by atoms with van der Waals surface area (Å²) >= 11 is 7.23. The first-order valence-electron chi connectivity index (χ1n) is 8.68. The van der Waals surface area contributed by atoms with Crippen LogP contribution >= 0.6 is 23.4 Å². The molecule has 14 heteroatoms. The van der Waals surface area contributed by atoms with Gasteiger partial charge >= 0.3 is 0 Å². The highest BCUT2D eigenvalue weighted by Crippen LogP contribution is 2.36. The minimum atomic E-state index is -0.334. The summed E-state index contributed by atoms with van der Waals surface area (Å²) in [6.45, 7) is 1.33. The lowest BCUT2D eigenvalue weighted by molar-refractivity contribution is -0.114. The van der Waals surface area contributed by atoms with Gasteiger partial charge in [-0.15, -0.1) is 10.2 Å². The molecule has 0 saturated heterocycles. The van der Waals surface area contributed by atoms with Crippen LogP contribution in [0.1, 0.15) is 6.92 Å². The number of hydrogen-bond donors (Lipinski definition) is 2. The highest BCUT2D eigenvalue weighted by Gasteiger charge is 2.21. The van der Waals surface area contributed by atoms with Gasteiger partial charge in [-0.1, -0.05) is 23.4 Å². The molecule has 0 aliphatic carbocycles. The summed E-state index contributed by atoms with van der Waals surface area (Å²) in [5.74, 6) is 0.640. The molecule has 2 amide bonds. The Morgan fingerprint density at radius 1 is 1.16 bits per heavy atom. The molecule has 0 aliphatic heterocycles. The number of halogens is 1. The summed E-state index contributed by atoms with van der Waals surface area (Å²) in [5, 5.41) is 21.6. The summed E-state index contributed by atoms with van der Waals surface area (Å²) in [6, 6.07) is 3.13. The number of anilines is 2. The molecule has 0 saturated carbocycles. The molecule has 2 aromatic heterocycles. The fourth-order valence-corrected chi connectivity index (χ4v) is 3.45. The zero-order chi connectivity index (χ0) is 22.5. The van der Waals surface area contributed by atoms with E-state index in [1.54, 1.807) is 23.7 Å². The average molecular weight is 468 g/mol. The normalized spacial score (nSPS) is 10.6. The topological polar surface area (TPSA) is 146 Å². The molecular formula is C17H18ClN7O5S. The minimum absolute atomic E-state index is 0.0374. The third-order valence-corrected chi connectivity index (χ3v) is 5.23. The number of ether oxygens (including phenoxy) is 2. The standard InChI is InChI=1S/C17H18ClN7O5S/c1-8(26)19-15-14(23-30-24-15)16-21-22-17(25(16)2)31-7-13(27)20-10-6-11(28-3)9(18)5-12(10)29-4/h5-6H,7H2,1-4H3,(H,20,27)(H,19,24,26). The lowest BCUT2D eigenvalue weighted by atomic mass is 10.2. The van der Waals surface area contributed by atoms with E-state index in [1.165, 1.54) is 21.1 Å². The van der Waals surface area contributed by atoms with Crippen LogP contribution in [0, 0.1) is 0 Å². The van der Waals surface area contributed by atoms with E-state index < -0.39 is 0 Å². The van der Waals surface area contributed by atoms with Gasteiger partial charge in [-0.2, -0.15) is 0 Å². The Kier molecular flexibility index (Phi) is 6.97. The zero-order valence-corrected chi connectivity index (χ0v) is 18.5. The van der Waals surface area contributed by atoms with Crippen LogP contribution in [0.2, 0.25) is 5.02 Å². The van der Waals surface area contributed by atoms with E-state index in [1.807, 2.05) is 0 Å². The third-order valence-electron chi connectivity index (χ3n) is 3.91. The number of hydrogen-bond acceptors (Lipinski definition) is 10. The molecule has 2 N–H and O–H groups in total. The van der Waals surface area contributed by atoms with Crippen LogP contribution in [-0.2, 0) is 16.6 Å². The number of amides is 2. The largest absolute Gasteiger partial charge is 0.495 e. The molecule has 3 rings (SSSR count). The SMILES string of the molecule is COc1cc(NC(=O)CSc2nnc(-c3nonc3NC(C)=O)n2C)c(OC)cc1Cl. The van der Waals surface area contributed by atoms with E-state index in [0.29, 0.717) is 33.2 Å². The van der Waals surface area contributed by atoms with Crippen molar-refractivity contribution in [3.05, 3.63) is 17.2 Å².